The molecular weight excluding hydrogens is 151 g/mol. The van der Waals surface area contributed by atoms with E-state index in [1.165, 1.54) is 0 Å². The lowest BCUT2D eigenvalue weighted by atomic mass is 10.8. The van der Waals surface area contributed by atoms with E-state index in [1.54, 1.807) is 0 Å². The van der Waals surface area contributed by atoms with Gasteiger partial charge in [-0.3, -0.25) is 4.79 Å². The van der Waals surface area contributed by atoms with E-state index in [0.717, 1.165) is 0 Å². The Morgan fingerprint density at radius 3 is 2.11 bits per heavy atom. The predicted molar refractivity (Wildman–Crippen MR) is 25.2 cm³/mol. The van der Waals surface area contributed by atoms with Gasteiger partial charge in [0.2, 0.25) is 6.29 Å². The van der Waals surface area contributed by atoms with E-state index in [-0.39, 0.29) is 6.29 Å². The van der Waals surface area contributed by atoms with Crippen molar-refractivity contribution in [3.8, 4) is 0 Å². The minimum absolute atomic E-state index is 0.140. The average Bonchev–Trinajstić information content (AvgIpc) is 1.62. The van der Waals surface area contributed by atoms with E-state index in [0.29, 0.717) is 0 Å². The van der Waals surface area contributed by atoms with Gasteiger partial charge < -0.3 is 14.9 Å². The lowest BCUT2D eigenvalue weighted by molar-refractivity contribution is -0.129. The summed E-state index contributed by atoms with van der Waals surface area (Å²) in [6, 6.07) is 0. The second-order valence-electron chi connectivity index (χ2n) is 1.12. The third kappa shape index (κ3) is 5.61. The number of phosphoric ester groups is 1. The normalized spacial score (nSPS) is 15.0. The van der Waals surface area contributed by atoms with Gasteiger partial charge in [0.15, 0.2) is 6.29 Å². The Hall–Kier alpha value is -0.260. The number of aliphatic hydroxyl groups is 1. The van der Waals surface area contributed by atoms with E-state index in [1.807, 2.05) is 0 Å². The van der Waals surface area contributed by atoms with Crippen LogP contribution in [0.2, 0.25) is 0 Å². The number of phosphoric acid groups is 1. The first kappa shape index (κ1) is 8.74. The van der Waals surface area contributed by atoms with Gasteiger partial charge in [-0.1, -0.05) is 0 Å². The van der Waals surface area contributed by atoms with Crippen molar-refractivity contribution in [3.63, 3.8) is 0 Å². The molecule has 0 saturated heterocycles. The van der Waals surface area contributed by atoms with Gasteiger partial charge in [-0.15, -0.1) is 0 Å². The zero-order chi connectivity index (χ0) is 7.49. The summed E-state index contributed by atoms with van der Waals surface area (Å²) in [7, 11) is -4.72. The van der Waals surface area contributed by atoms with Crippen molar-refractivity contribution >= 4 is 14.1 Å². The van der Waals surface area contributed by atoms with Crippen LogP contribution >= 0.6 is 7.82 Å². The average molecular weight is 156 g/mol. The van der Waals surface area contributed by atoms with Crippen molar-refractivity contribution in [3.05, 3.63) is 0 Å². The highest BCUT2D eigenvalue weighted by Gasteiger charge is 2.18. The van der Waals surface area contributed by atoms with Crippen LogP contribution in [0.3, 0.4) is 0 Å². The lowest BCUT2D eigenvalue weighted by Gasteiger charge is -2.04. The van der Waals surface area contributed by atoms with Crippen molar-refractivity contribution in [2.24, 2.45) is 0 Å². The van der Waals surface area contributed by atoms with Crippen LogP contribution in [-0.4, -0.2) is 27.5 Å². The molecule has 0 aliphatic carbocycles. The first-order valence-corrected chi connectivity index (χ1v) is 3.36. The fourth-order valence-corrected chi connectivity index (χ4v) is 0.497. The third-order valence-corrected chi connectivity index (χ3v) is 0.852. The van der Waals surface area contributed by atoms with Crippen molar-refractivity contribution in [1.82, 2.24) is 0 Å². The Kier molecular flexibility index (Phi) is 2.96. The van der Waals surface area contributed by atoms with Gasteiger partial charge >= 0.3 is 7.82 Å². The summed E-state index contributed by atoms with van der Waals surface area (Å²) in [5.41, 5.74) is 0. The summed E-state index contributed by atoms with van der Waals surface area (Å²) in [5.74, 6) is 0. The molecular formula is C2H5O6P. The molecule has 1 atom stereocenters. The number of carbonyl (C=O) groups excluding carboxylic acids is 1. The van der Waals surface area contributed by atoms with Gasteiger partial charge in [0, 0.05) is 0 Å². The summed E-state index contributed by atoms with van der Waals surface area (Å²) < 4.78 is 13.2. The van der Waals surface area contributed by atoms with E-state index in [9.17, 15) is 9.36 Å². The van der Waals surface area contributed by atoms with Gasteiger partial charge in [-0.05, 0) is 0 Å². The molecule has 0 aromatic heterocycles. The minimum Gasteiger partial charge on any atom is -0.362 e. The Morgan fingerprint density at radius 2 is 2.00 bits per heavy atom. The topological polar surface area (TPSA) is 104 Å². The van der Waals surface area contributed by atoms with Crippen LogP contribution < -0.4 is 0 Å². The zero-order valence-corrected chi connectivity index (χ0v) is 5.06. The van der Waals surface area contributed by atoms with Crippen LogP contribution in [0.25, 0.3) is 0 Å². The van der Waals surface area contributed by atoms with Crippen molar-refractivity contribution in [2.45, 2.75) is 6.29 Å². The zero-order valence-electron chi connectivity index (χ0n) is 4.17. The first-order chi connectivity index (χ1) is 3.95. The number of rotatable bonds is 3. The fourth-order valence-electron chi connectivity index (χ4n) is 0.166. The van der Waals surface area contributed by atoms with Gasteiger partial charge in [0.1, 0.15) is 0 Å². The smallest absolute Gasteiger partial charge is 0.362 e. The Labute approximate surface area is 50.3 Å². The van der Waals surface area contributed by atoms with Crippen molar-refractivity contribution in [2.75, 3.05) is 0 Å². The molecule has 0 spiro atoms. The van der Waals surface area contributed by atoms with Gasteiger partial charge in [-0.25, -0.2) is 9.09 Å². The van der Waals surface area contributed by atoms with Crippen molar-refractivity contribution < 1.29 is 28.8 Å². The highest BCUT2D eigenvalue weighted by Crippen LogP contribution is 2.36. The second-order valence-corrected chi connectivity index (χ2v) is 2.31. The molecule has 54 valence electrons. The summed E-state index contributed by atoms with van der Waals surface area (Å²) in [6.07, 6.45) is -2.19. The van der Waals surface area contributed by atoms with Crippen LogP contribution in [0, 0.1) is 0 Å². The van der Waals surface area contributed by atoms with E-state index in [2.05, 4.69) is 4.52 Å². The van der Waals surface area contributed by atoms with E-state index < -0.39 is 14.1 Å². The maximum absolute atomic E-state index is 9.75. The van der Waals surface area contributed by atoms with E-state index in [4.69, 9.17) is 14.9 Å². The molecule has 7 heteroatoms. The Morgan fingerprint density at radius 1 is 1.56 bits per heavy atom. The minimum atomic E-state index is -4.72. The molecule has 9 heavy (non-hydrogen) atoms. The largest absolute Gasteiger partial charge is 0.472 e. The number of carbonyl (C=O) groups is 1. The van der Waals surface area contributed by atoms with Gasteiger partial charge in [0.05, 0.1) is 0 Å². The molecule has 0 aromatic carbocycles. The van der Waals surface area contributed by atoms with E-state index >= 15 is 0 Å². The summed E-state index contributed by atoms with van der Waals surface area (Å²) >= 11 is 0. The number of hydrogen-bond donors (Lipinski definition) is 3. The highest BCUT2D eigenvalue weighted by atomic mass is 31.2. The number of hydrogen-bond acceptors (Lipinski definition) is 4. The molecule has 0 fully saturated rings. The van der Waals surface area contributed by atoms with Gasteiger partial charge in [0.25, 0.3) is 0 Å². The molecule has 0 rings (SSSR count). The third-order valence-electron chi connectivity index (χ3n) is 0.362. The maximum Gasteiger partial charge on any atom is 0.472 e. The second kappa shape index (κ2) is 3.05. The van der Waals surface area contributed by atoms with Crippen LogP contribution in [0.15, 0.2) is 0 Å². The molecule has 0 heterocycles. The highest BCUT2D eigenvalue weighted by molar-refractivity contribution is 7.46. The SMILES string of the molecule is O=CC(O)OP(=O)(O)O. The van der Waals surface area contributed by atoms with Crippen LogP contribution in [0.4, 0.5) is 0 Å². The molecule has 0 saturated carbocycles. The predicted octanol–water partition coefficient (Wildman–Crippen LogP) is -1.39. The molecule has 1 unspecified atom stereocenters. The van der Waals surface area contributed by atoms with Crippen molar-refractivity contribution in [1.29, 1.82) is 0 Å². The summed E-state index contributed by atoms with van der Waals surface area (Å²) in [4.78, 5) is 25.2. The van der Waals surface area contributed by atoms with Crippen LogP contribution in [-0.2, 0) is 13.9 Å². The lowest BCUT2D eigenvalue weighted by Crippen LogP contribution is -2.10. The molecule has 0 radical (unpaired) electrons. The maximum atomic E-state index is 9.75. The molecule has 6 nitrogen and oxygen atoms in total. The molecule has 3 N–H and O–H groups in total. The first-order valence-electron chi connectivity index (χ1n) is 1.83. The number of aldehydes is 1. The Bertz CT molecular complexity index is 136. The van der Waals surface area contributed by atoms with Crippen LogP contribution in [0.1, 0.15) is 0 Å². The number of aliphatic hydroxyl groups excluding tert-OH is 1. The summed E-state index contributed by atoms with van der Waals surface area (Å²) in [6.45, 7) is 0. The molecule has 0 amide bonds. The van der Waals surface area contributed by atoms with Crippen LogP contribution in [0.5, 0.6) is 0 Å². The molecule has 0 bridgehead atoms. The Balaban J connectivity index is 3.74. The molecule has 0 aliphatic rings. The quantitative estimate of drug-likeness (QED) is 0.264. The molecule has 0 aromatic rings. The fraction of sp³-hybridized carbons (Fsp3) is 0.500. The monoisotopic (exact) mass is 156 g/mol. The van der Waals surface area contributed by atoms with Gasteiger partial charge in [-0.2, -0.15) is 0 Å². The standard InChI is InChI=1S/C2H5O6P/c3-1-2(4)8-9(5,6)7/h1-2,4H,(H2,5,6,7). The summed E-state index contributed by atoms with van der Waals surface area (Å²) in [5, 5.41) is 8.11. The molecule has 0 aliphatic heterocycles.